The number of hydrogen-bond donors (Lipinski definition) is 0. The highest BCUT2D eigenvalue weighted by molar-refractivity contribution is 6.17. The molecule has 1 aliphatic rings. The van der Waals surface area contributed by atoms with Crippen molar-refractivity contribution in [3.05, 3.63) is 17.7 Å². The Morgan fingerprint density at radius 3 is 2.65 bits per heavy atom. The van der Waals surface area contributed by atoms with Crippen molar-refractivity contribution in [1.82, 2.24) is 9.97 Å². The molecule has 0 amide bonds. The van der Waals surface area contributed by atoms with Crippen LogP contribution in [0.3, 0.4) is 0 Å². The van der Waals surface area contributed by atoms with Crippen LogP contribution in [0.2, 0.25) is 0 Å². The SMILES string of the molecule is CC(C)c1ncc(N(C)C2CCCCC2C)c(CCl)n1. The molecular weight excluding hydrogens is 270 g/mol. The van der Waals surface area contributed by atoms with Crippen molar-refractivity contribution < 1.29 is 0 Å². The van der Waals surface area contributed by atoms with Crippen molar-refractivity contribution in [1.29, 1.82) is 0 Å². The van der Waals surface area contributed by atoms with Crippen LogP contribution in [-0.2, 0) is 5.88 Å². The molecule has 4 heteroatoms. The van der Waals surface area contributed by atoms with Crippen molar-refractivity contribution in [3.8, 4) is 0 Å². The first-order valence-corrected chi connectivity index (χ1v) is 8.22. The van der Waals surface area contributed by atoms with Gasteiger partial charge < -0.3 is 4.90 Å². The second kappa shape index (κ2) is 6.75. The molecule has 1 aromatic rings. The maximum atomic E-state index is 6.11. The third-order valence-electron chi connectivity index (χ3n) is 4.45. The Kier molecular flexibility index (Phi) is 5.25. The average molecular weight is 296 g/mol. The Balaban J connectivity index is 2.26. The summed E-state index contributed by atoms with van der Waals surface area (Å²) in [6.07, 6.45) is 7.21. The van der Waals surface area contributed by atoms with E-state index in [0.717, 1.165) is 23.1 Å². The number of alkyl halides is 1. The van der Waals surface area contributed by atoms with E-state index < -0.39 is 0 Å². The summed E-state index contributed by atoms with van der Waals surface area (Å²) >= 11 is 6.11. The van der Waals surface area contributed by atoms with Crippen molar-refractivity contribution >= 4 is 17.3 Å². The highest BCUT2D eigenvalue weighted by Gasteiger charge is 2.27. The Morgan fingerprint density at radius 1 is 1.35 bits per heavy atom. The maximum Gasteiger partial charge on any atom is 0.131 e. The summed E-state index contributed by atoms with van der Waals surface area (Å²) in [7, 11) is 2.16. The molecule has 0 spiro atoms. The predicted molar refractivity (Wildman–Crippen MR) is 85.5 cm³/mol. The van der Waals surface area contributed by atoms with E-state index in [1.807, 2.05) is 6.20 Å². The van der Waals surface area contributed by atoms with Gasteiger partial charge >= 0.3 is 0 Å². The molecule has 2 rings (SSSR count). The maximum absolute atomic E-state index is 6.11. The van der Waals surface area contributed by atoms with Crippen molar-refractivity contribution in [2.45, 2.75) is 64.3 Å². The molecule has 0 radical (unpaired) electrons. The molecule has 112 valence electrons. The summed E-state index contributed by atoms with van der Waals surface area (Å²) in [6, 6.07) is 0.583. The van der Waals surface area contributed by atoms with Gasteiger partial charge in [-0.05, 0) is 18.8 Å². The van der Waals surface area contributed by atoms with Crippen LogP contribution < -0.4 is 4.90 Å². The zero-order valence-corrected chi connectivity index (χ0v) is 13.8. The Hall–Kier alpha value is -0.830. The van der Waals surface area contributed by atoms with Crippen LogP contribution in [0.4, 0.5) is 5.69 Å². The number of halogens is 1. The molecule has 0 aliphatic heterocycles. The van der Waals surface area contributed by atoms with Gasteiger partial charge in [0, 0.05) is 19.0 Å². The van der Waals surface area contributed by atoms with E-state index in [4.69, 9.17) is 11.6 Å². The van der Waals surface area contributed by atoms with Crippen molar-refractivity contribution in [3.63, 3.8) is 0 Å². The fourth-order valence-electron chi connectivity index (χ4n) is 3.15. The molecule has 0 saturated heterocycles. The lowest BCUT2D eigenvalue weighted by Gasteiger charge is -2.38. The fourth-order valence-corrected chi connectivity index (χ4v) is 3.34. The van der Waals surface area contributed by atoms with Crippen molar-refractivity contribution in [2.75, 3.05) is 11.9 Å². The monoisotopic (exact) mass is 295 g/mol. The topological polar surface area (TPSA) is 29.0 Å². The normalized spacial score (nSPS) is 23.1. The smallest absolute Gasteiger partial charge is 0.131 e. The van der Waals surface area contributed by atoms with Crippen molar-refractivity contribution in [2.24, 2.45) is 5.92 Å². The summed E-state index contributed by atoms with van der Waals surface area (Å²) in [4.78, 5) is 11.5. The first-order chi connectivity index (χ1) is 9.54. The third kappa shape index (κ3) is 3.25. The van der Waals surface area contributed by atoms with Gasteiger partial charge in [0.25, 0.3) is 0 Å². The molecule has 0 N–H and O–H groups in total. The van der Waals surface area contributed by atoms with Crippen LogP contribution in [0.5, 0.6) is 0 Å². The summed E-state index contributed by atoms with van der Waals surface area (Å²) in [6.45, 7) is 6.57. The molecule has 1 saturated carbocycles. The summed E-state index contributed by atoms with van der Waals surface area (Å²) < 4.78 is 0. The first-order valence-electron chi connectivity index (χ1n) is 7.69. The van der Waals surface area contributed by atoms with Crippen LogP contribution in [0.1, 0.15) is 63.9 Å². The van der Waals surface area contributed by atoms with Crippen LogP contribution >= 0.6 is 11.6 Å². The first kappa shape index (κ1) is 15.6. The predicted octanol–water partition coefficient (Wildman–Crippen LogP) is 4.35. The molecule has 1 fully saturated rings. The number of nitrogens with zero attached hydrogens (tertiary/aromatic N) is 3. The van der Waals surface area contributed by atoms with Gasteiger partial charge in [0.1, 0.15) is 5.82 Å². The Labute approximate surface area is 127 Å². The minimum absolute atomic E-state index is 0.338. The molecule has 1 aromatic heterocycles. The van der Waals surface area contributed by atoms with E-state index in [1.54, 1.807) is 0 Å². The Morgan fingerprint density at radius 2 is 2.05 bits per heavy atom. The second-order valence-corrected chi connectivity index (χ2v) is 6.56. The van der Waals surface area contributed by atoms with Gasteiger partial charge in [-0.1, -0.05) is 33.6 Å². The van der Waals surface area contributed by atoms with Crippen LogP contribution in [0.25, 0.3) is 0 Å². The van der Waals surface area contributed by atoms with E-state index in [-0.39, 0.29) is 0 Å². The number of aromatic nitrogens is 2. The average Bonchev–Trinajstić information content (AvgIpc) is 2.46. The van der Waals surface area contributed by atoms with Gasteiger partial charge in [0.2, 0.25) is 0 Å². The Bertz CT molecular complexity index is 447. The molecule has 3 nitrogen and oxygen atoms in total. The quantitative estimate of drug-likeness (QED) is 0.773. The van der Waals surface area contributed by atoms with E-state index in [2.05, 4.69) is 42.7 Å². The summed E-state index contributed by atoms with van der Waals surface area (Å²) in [5.41, 5.74) is 2.06. The van der Waals surface area contributed by atoms with Gasteiger partial charge in [0.05, 0.1) is 23.5 Å². The minimum Gasteiger partial charge on any atom is -0.369 e. The molecular formula is C16H26ClN3. The van der Waals surface area contributed by atoms with Gasteiger partial charge in [-0.25, -0.2) is 9.97 Å². The lowest BCUT2D eigenvalue weighted by atomic mass is 9.85. The molecule has 0 bridgehead atoms. The van der Waals surface area contributed by atoms with Gasteiger partial charge in [0.15, 0.2) is 0 Å². The molecule has 1 aliphatic carbocycles. The van der Waals surface area contributed by atoms with Gasteiger partial charge in [-0.2, -0.15) is 0 Å². The van der Waals surface area contributed by atoms with Gasteiger partial charge in [-0.15, -0.1) is 11.6 Å². The molecule has 2 unspecified atom stereocenters. The van der Waals surface area contributed by atoms with E-state index >= 15 is 0 Å². The van der Waals surface area contributed by atoms with Crippen LogP contribution in [-0.4, -0.2) is 23.1 Å². The minimum atomic E-state index is 0.338. The molecule has 1 heterocycles. The highest BCUT2D eigenvalue weighted by Crippen LogP contribution is 2.32. The number of anilines is 1. The lowest BCUT2D eigenvalue weighted by Crippen LogP contribution is -2.39. The van der Waals surface area contributed by atoms with E-state index in [9.17, 15) is 0 Å². The largest absolute Gasteiger partial charge is 0.369 e. The van der Waals surface area contributed by atoms with E-state index in [1.165, 1.54) is 25.7 Å². The zero-order chi connectivity index (χ0) is 14.7. The van der Waals surface area contributed by atoms with Crippen LogP contribution in [0.15, 0.2) is 6.20 Å². The standard InChI is InChI=1S/C16H26ClN3/c1-11(2)16-18-10-15(13(9-17)19-16)20(4)14-8-6-5-7-12(14)3/h10-12,14H,5-9H2,1-4H3. The van der Waals surface area contributed by atoms with E-state index in [0.29, 0.717) is 17.8 Å². The molecule has 0 aromatic carbocycles. The highest BCUT2D eigenvalue weighted by atomic mass is 35.5. The number of hydrogen-bond acceptors (Lipinski definition) is 3. The molecule has 20 heavy (non-hydrogen) atoms. The fraction of sp³-hybridized carbons (Fsp3) is 0.750. The summed E-state index contributed by atoms with van der Waals surface area (Å²) in [5, 5.41) is 0. The van der Waals surface area contributed by atoms with Crippen LogP contribution in [0, 0.1) is 5.92 Å². The lowest BCUT2D eigenvalue weighted by molar-refractivity contribution is 0.321. The third-order valence-corrected chi connectivity index (χ3v) is 4.70. The van der Waals surface area contributed by atoms with Gasteiger partial charge in [-0.3, -0.25) is 0 Å². The second-order valence-electron chi connectivity index (χ2n) is 6.29. The summed E-state index contributed by atoms with van der Waals surface area (Å²) in [5.74, 6) is 2.39. The zero-order valence-electron chi connectivity index (χ0n) is 13.1. The number of rotatable bonds is 4. The molecule has 2 atom stereocenters.